The minimum atomic E-state index is 0. The number of hydrogen-bond donors (Lipinski definition) is 0. The number of benzene rings is 4. The molecule has 1 heteroatoms. The monoisotopic (exact) mass is 429 g/mol. The molecule has 0 saturated carbocycles. The fourth-order valence-electron chi connectivity index (χ4n) is 2.86. The summed E-state index contributed by atoms with van der Waals surface area (Å²) in [5.41, 5.74) is 5.10. The summed E-state index contributed by atoms with van der Waals surface area (Å²) in [7, 11) is 0. The van der Waals surface area contributed by atoms with Crippen LogP contribution in [-0.4, -0.2) is 0 Å². The summed E-state index contributed by atoms with van der Waals surface area (Å²) in [4.78, 5) is 0. The van der Waals surface area contributed by atoms with Crippen molar-refractivity contribution in [2.75, 3.05) is 0 Å². The Bertz CT molecular complexity index is 829. The fraction of sp³-hybridized carbons (Fsp3) is 0.0345. The third-order valence-electron chi connectivity index (χ3n) is 4.35. The zero-order chi connectivity index (χ0) is 20.0. The molecule has 0 heterocycles. The van der Waals surface area contributed by atoms with Crippen molar-refractivity contribution in [2.45, 2.75) is 6.42 Å². The van der Waals surface area contributed by atoms with Crippen LogP contribution in [0.4, 0.5) is 0 Å². The van der Waals surface area contributed by atoms with Crippen LogP contribution in [0, 0.1) is 6.08 Å². The topological polar surface area (TPSA) is 0 Å². The van der Waals surface area contributed by atoms with Gasteiger partial charge in [-0.15, -0.1) is 6.42 Å². The summed E-state index contributed by atoms with van der Waals surface area (Å²) < 4.78 is 0. The molecule has 0 fully saturated rings. The average molecular weight is 429 g/mol. The molecule has 0 radical (unpaired) electrons. The van der Waals surface area contributed by atoms with Gasteiger partial charge in [0.2, 0.25) is 0 Å². The van der Waals surface area contributed by atoms with Gasteiger partial charge in [-0.25, -0.2) is 12.2 Å². The first-order chi connectivity index (χ1) is 14.4. The second-order valence-electron chi connectivity index (χ2n) is 6.47. The first-order valence-corrected chi connectivity index (χ1v) is 9.86. The van der Waals surface area contributed by atoms with E-state index in [0.29, 0.717) is 0 Å². The van der Waals surface area contributed by atoms with Gasteiger partial charge in [-0.2, -0.15) is 6.08 Å². The van der Waals surface area contributed by atoms with Crippen molar-refractivity contribution in [3.8, 4) is 22.3 Å². The zero-order valence-electron chi connectivity index (χ0n) is 16.8. The van der Waals surface area contributed by atoms with Crippen LogP contribution in [0.5, 0.6) is 0 Å². The van der Waals surface area contributed by atoms with E-state index in [2.05, 4.69) is 109 Å². The Kier molecular flexibility index (Phi) is 10.8. The normalized spacial score (nSPS) is 10.7. The first kappa shape index (κ1) is 23.2. The molecule has 0 bridgehead atoms. The van der Waals surface area contributed by atoms with E-state index in [1.165, 1.54) is 22.3 Å². The van der Waals surface area contributed by atoms with Gasteiger partial charge >= 0.3 is 0 Å². The van der Waals surface area contributed by atoms with E-state index in [1.54, 1.807) is 0 Å². The molecule has 4 aromatic carbocycles. The van der Waals surface area contributed by atoms with Crippen LogP contribution in [0.1, 0.15) is 6.42 Å². The Morgan fingerprint density at radius 2 is 0.733 bits per heavy atom. The van der Waals surface area contributed by atoms with Gasteiger partial charge in [0.25, 0.3) is 0 Å². The van der Waals surface area contributed by atoms with Gasteiger partial charge in [-0.1, -0.05) is 121 Å². The molecule has 0 unspecified atom stereocenters. The van der Waals surface area contributed by atoms with E-state index in [4.69, 9.17) is 0 Å². The molecule has 1 aliphatic carbocycles. The average Bonchev–Trinajstić information content (AvgIpc) is 3.42. The van der Waals surface area contributed by atoms with E-state index < -0.39 is 0 Å². The minimum Gasteiger partial charge on any atom is -0.273 e. The second kappa shape index (κ2) is 14.0. The molecule has 1 aliphatic rings. The second-order valence-corrected chi connectivity index (χ2v) is 6.47. The Labute approximate surface area is 191 Å². The number of hydrogen-bond acceptors (Lipinski definition) is 0. The minimum absolute atomic E-state index is 0. The predicted molar refractivity (Wildman–Crippen MR) is 125 cm³/mol. The van der Waals surface area contributed by atoms with Crippen molar-refractivity contribution in [3.05, 3.63) is 146 Å². The summed E-state index contributed by atoms with van der Waals surface area (Å²) in [5.74, 6) is 0. The Morgan fingerprint density at radius 3 is 0.900 bits per heavy atom. The van der Waals surface area contributed by atoms with E-state index in [-0.39, 0.29) is 17.1 Å². The number of allylic oxidation sites excluding steroid dienone is 4. The van der Waals surface area contributed by atoms with Gasteiger partial charge in [0.15, 0.2) is 0 Å². The number of rotatable bonds is 2. The predicted octanol–water partition coefficient (Wildman–Crippen LogP) is 8.01. The van der Waals surface area contributed by atoms with Crippen molar-refractivity contribution in [3.63, 3.8) is 0 Å². The van der Waals surface area contributed by atoms with Crippen LogP contribution in [0.2, 0.25) is 0 Å². The standard InChI is InChI=1S/2C12H10.C5H5.Fe/c2*1-3-7-11(8-4-1)12-9-5-2-6-10-12;1-2-4-5-3-1;/h2*1-10H;1-3H,4H2;/q;;-1;. The van der Waals surface area contributed by atoms with Gasteiger partial charge in [-0.3, -0.25) is 6.08 Å². The molecular weight excluding hydrogens is 404 g/mol. The maximum atomic E-state index is 2.99. The summed E-state index contributed by atoms with van der Waals surface area (Å²) in [6, 6.07) is 41.6. The maximum Gasteiger partial charge on any atom is 0 e. The Hall–Kier alpha value is -3.12. The Morgan fingerprint density at radius 1 is 0.433 bits per heavy atom. The zero-order valence-corrected chi connectivity index (χ0v) is 17.9. The summed E-state index contributed by atoms with van der Waals surface area (Å²) in [5, 5.41) is 0. The third-order valence-corrected chi connectivity index (χ3v) is 4.35. The quantitative estimate of drug-likeness (QED) is 0.224. The molecule has 0 atom stereocenters. The SMILES string of the molecule is [C-]1=CC=CC1.[Fe].c1ccc(-c2ccccc2)cc1.c1ccc(-c2ccccc2)cc1. The fourth-order valence-corrected chi connectivity index (χ4v) is 2.86. The van der Waals surface area contributed by atoms with Crippen molar-refractivity contribution < 1.29 is 17.1 Å². The molecule has 0 nitrogen and oxygen atoms in total. The molecular formula is C29H25Fe-. The molecule has 0 aliphatic heterocycles. The maximum absolute atomic E-state index is 2.99. The summed E-state index contributed by atoms with van der Waals surface area (Å²) >= 11 is 0. The molecule has 150 valence electrons. The molecule has 0 amide bonds. The van der Waals surface area contributed by atoms with E-state index in [0.717, 1.165) is 6.42 Å². The molecule has 0 spiro atoms. The van der Waals surface area contributed by atoms with Crippen molar-refractivity contribution in [1.82, 2.24) is 0 Å². The van der Waals surface area contributed by atoms with Crippen molar-refractivity contribution in [1.29, 1.82) is 0 Å². The van der Waals surface area contributed by atoms with Crippen LogP contribution in [0.3, 0.4) is 0 Å². The van der Waals surface area contributed by atoms with Crippen LogP contribution >= 0.6 is 0 Å². The van der Waals surface area contributed by atoms with Crippen molar-refractivity contribution in [2.24, 2.45) is 0 Å². The third kappa shape index (κ3) is 8.09. The van der Waals surface area contributed by atoms with Gasteiger partial charge < -0.3 is 0 Å². The first-order valence-electron chi connectivity index (χ1n) is 9.86. The van der Waals surface area contributed by atoms with E-state index >= 15 is 0 Å². The molecule has 0 aromatic heterocycles. The largest absolute Gasteiger partial charge is 0.273 e. The van der Waals surface area contributed by atoms with Gasteiger partial charge in [0, 0.05) is 17.1 Å². The van der Waals surface area contributed by atoms with Crippen LogP contribution < -0.4 is 0 Å². The van der Waals surface area contributed by atoms with E-state index in [9.17, 15) is 0 Å². The van der Waals surface area contributed by atoms with Gasteiger partial charge in [0.05, 0.1) is 0 Å². The Balaban J connectivity index is 0.000000170. The van der Waals surface area contributed by atoms with Crippen LogP contribution in [0.25, 0.3) is 22.3 Å². The summed E-state index contributed by atoms with van der Waals surface area (Å²) in [6.07, 6.45) is 10.0. The smallest absolute Gasteiger partial charge is 0 e. The molecule has 30 heavy (non-hydrogen) atoms. The van der Waals surface area contributed by atoms with Crippen LogP contribution in [0.15, 0.2) is 140 Å². The molecule has 5 rings (SSSR count). The molecule has 0 saturated heterocycles. The van der Waals surface area contributed by atoms with Crippen molar-refractivity contribution >= 4 is 0 Å². The van der Waals surface area contributed by atoms with Gasteiger partial charge in [0.1, 0.15) is 0 Å². The van der Waals surface area contributed by atoms with Gasteiger partial charge in [-0.05, 0) is 22.3 Å². The van der Waals surface area contributed by atoms with E-state index in [1.807, 2.05) is 36.4 Å². The van der Waals surface area contributed by atoms with Crippen LogP contribution in [-0.2, 0) is 17.1 Å². The summed E-state index contributed by atoms with van der Waals surface area (Å²) in [6.45, 7) is 0. The molecule has 4 aromatic rings. The molecule has 0 N–H and O–H groups in total.